The molecule has 4 N–H and O–H groups in total. The Balaban J connectivity index is 2.48. The molecule has 1 rings (SSSR count). The summed E-state index contributed by atoms with van der Waals surface area (Å²) in [5.74, 6) is -1.64. The number of amides is 1. The molecule has 0 radical (unpaired) electrons. The van der Waals surface area contributed by atoms with Crippen LogP contribution in [0.2, 0.25) is 0 Å². The number of benzene rings is 1. The van der Waals surface area contributed by atoms with Gasteiger partial charge >= 0.3 is 5.97 Å². The van der Waals surface area contributed by atoms with Gasteiger partial charge in [-0.25, -0.2) is 4.79 Å². The second-order valence-electron chi connectivity index (χ2n) is 5.20. The Kier molecular flexibility index (Phi) is 6.18. The zero-order chi connectivity index (χ0) is 15.1. The molecule has 0 fully saturated rings. The van der Waals surface area contributed by atoms with Crippen LogP contribution in [-0.2, 0) is 16.0 Å². The highest BCUT2D eigenvalue weighted by Crippen LogP contribution is 2.06. The fourth-order valence-electron chi connectivity index (χ4n) is 1.87. The smallest absolute Gasteiger partial charge is 0.326 e. The minimum Gasteiger partial charge on any atom is -0.480 e. The molecule has 0 aliphatic rings. The number of hydrogen-bond acceptors (Lipinski definition) is 3. The van der Waals surface area contributed by atoms with E-state index in [4.69, 9.17) is 10.8 Å². The van der Waals surface area contributed by atoms with Gasteiger partial charge in [0.2, 0.25) is 5.91 Å². The third-order valence-corrected chi connectivity index (χ3v) is 3.15. The average molecular weight is 278 g/mol. The molecule has 0 aliphatic carbocycles. The van der Waals surface area contributed by atoms with E-state index >= 15 is 0 Å². The van der Waals surface area contributed by atoms with Crippen LogP contribution in [0.1, 0.15) is 25.8 Å². The number of nitrogens with two attached hydrogens (primary N) is 1. The highest BCUT2D eigenvalue weighted by atomic mass is 16.4. The van der Waals surface area contributed by atoms with E-state index in [0.29, 0.717) is 12.8 Å². The van der Waals surface area contributed by atoms with Gasteiger partial charge in [-0.2, -0.15) is 0 Å². The van der Waals surface area contributed by atoms with E-state index in [1.165, 1.54) is 0 Å². The number of carboxylic acid groups (broad SMARTS) is 1. The predicted octanol–water partition coefficient (Wildman–Crippen LogP) is 1.17. The first kappa shape index (κ1) is 16.2. The Morgan fingerprint density at radius 3 is 2.35 bits per heavy atom. The Hall–Kier alpha value is -1.88. The summed E-state index contributed by atoms with van der Waals surface area (Å²) < 4.78 is 0. The molecule has 0 heterocycles. The molecular formula is C15H22N2O3. The Labute approximate surface area is 119 Å². The van der Waals surface area contributed by atoms with Crippen molar-refractivity contribution in [2.45, 2.75) is 38.8 Å². The number of aryl methyl sites for hydroxylation is 1. The van der Waals surface area contributed by atoms with Crippen molar-refractivity contribution in [2.75, 3.05) is 0 Å². The van der Waals surface area contributed by atoms with E-state index in [1.807, 2.05) is 30.3 Å². The normalized spacial score (nSPS) is 13.8. The predicted molar refractivity (Wildman–Crippen MR) is 77.1 cm³/mol. The molecule has 1 unspecified atom stereocenters. The lowest BCUT2D eigenvalue weighted by Gasteiger charge is -2.20. The van der Waals surface area contributed by atoms with E-state index in [9.17, 15) is 9.59 Å². The lowest BCUT2D eigenvalue weighted by Crippen LogP contribution is -2.50. The summed E-state index contributed by atoms with van der Waals surface area (Å²) in [5.41, 5.74) is 6.91. The Morgan fingerprint density at radius 1 is 1.25 bits per heavy atom. The monoisotopic (exact) mass is 278 g/mol. The number of rotatable bonds is 7. The number of aliphatic carboxylic acids is 1. The summed E-state index contributed by atoms with van der Waals surface area (Å²) >= 11 is 0. The first-order valence-electron chi connectivity index (χ1n) is 6.74. The molecule has 0 spiro atoms. The van der Waals surface area contributed by atoms with Crippen LogP contribution in [0.4, 0.5) is 0 Å². The summed E-state index contributed by atoms with van der Waals surface area (Å²) in [7, 11) is 0. The van der Waals surface area contributed by atoms with Crippen molar-refractivity contribution >= 4 is 11.9 Å². The minimum atomic E-state index is -1.04. The quantitative estimate of drug-likeness (QED) is 0.698. The van der Waals surface area contributed by atoms with Gasteiger partial charge in [-0.05, 0) is 24.3 Å². The summed E-state index contributed by atoms with van der Waals surface area (Å²) in [6, 6.07) is 8.13. The van der Waals surface area contributed by atoms with Crippen molar-refractivity contribution in [2.24, 2.45) is 11.7 Å². The van der Waals surface area contributed by atoms with Crippen molar-refractivity contribution in [3.63, 3.8) is 0 Å². The van der Waals surface area contributed by atoms with E-state index < -0.39 is 24.0 Å². The Bertz CT molecular complexity index is 446. The van der Waals surface area contributed by atoms with Gasteiger partial charge in [0, 0.05) is 0 Å². The third kappa shape index (κ3) is 5.01. The second kappa shape index (κ2) is 7.65. The van der Waals surface area contributed by atoms with Crippen LogP contribution in [0.5, 0.6) is 0 Å². The van der Waals surface area contributed by atoms with E-state index in [-0.39, 0.29) is 5.92 Å². The first-order valence-corrected chi connectivity index (χ1v) is 6.74. The summed E-state index contributed by atoms with van der Waals surface area (Å²) in [6.45, 7) is 3.49. The highest BCUT2D eigenvalue weighted by molar-refractivity contribution is 5.86. The highest BCUT2D eigenvalue weighted by Gasteiger charge is 2.25. The van der Waals surface area contributed by atoms with Gasteiger partial charge in [0.15, 0.2) is 0 Å². The van der Waals surface area contributed by atoms with Crippen molar-refractivity contribution < 1.29 is 14.7 Å². The summed E-state index contributed by atoms with van der Waals surface area (Å²) in [4.78, 5) is 22.9. The molecule has 110 valence electrons. The molecule has 5 nitrogen and oxygen atoms in total. The summed E-state index contributed by atoms with van der Waals surface area (Å²) in [5, 5.41) is 11.5. The number of nitrogens with one attached hydrogen (secondary N) is 1. The molecule has 5 heteroatoms. The van der Waals surface area contributed by atoms with E-state index in [1.54, 1.807) is 13.8 Å². The second-order valence-corrected chi connectivity index (χ2v) is 5.20. The topological polar surface area (TPSA) is 92.4 Å². The average Bonchev–Trinajstić information content (AvgIpc) is 2.42. The zero-order valence-electron chi connectivity index (χ0n) is 11.9. The van der Waals surface area contributed by atoms with Gasteiger partial charge in [-0.1, -0.05) is 44.2 Å². The molecule has 1 amide bonds. The van der Waals surface area contributed by atoms with Gasteiger partial charge in [-0.3, -0.25) is 4.79 Å². The van der Waals surface area contributed by atoms with Crippen LogP contribution in [0.15, 0.2) is 30.3 Å². The number of carbonyl (C=O) groups excluding carboxylic acids is 1. The van der Waals surface area contributed by atoms with Crippen molar-refractivity contribution in [3.8, 4) is 0 Å². The molecule has 1 aromatic carbocycles. The van der Waals surface area contributed by atoms with Gasteiger partial charge in [0.25, 0.3) is 0 Å². The molecule has 0 aliphatic heterocycles. The van der Waals surface area contributed by atoms with Crippen LogP contribution < -0.4 is 11.1 Å². The molecule has 0 saturated heterocycles. The van der Waals surface area contributed by atoms with Gasteiger partial charge < -0.3 is 16.2 Å². The number of hydrogen-bond donors (Lipinski definition) is 3. The summed E-state index contributed by atoms with van der Waals surface area (Å²) in [6.07, 6.45) is 1.18. The molecule has 0 saturated carbocycles. The molecule has 2 atom stereocenters. The van der Waals surface area contributed by atoms with Gasteiger partial charge in [-0.15, -0.1) is 0 Å². The lowest BCUT2D eigenvalue weighted by atomic mass is 10.0. The van der Waals surface area contributed by atoms with Crippen LogP contribution in [-0.4, -0.2) is 29.1 Å². The number of carboxylic acids is 1. The molecular weight excluding hydrogens is 256 g/mol. The lowest BCUT2D eigenvalue weighted by molar-refractivity contribution is -0.143. The van der Waals surface area contributed by atoms with Crippen LogP contribution >= 0.6 is 0 Å². The van der Waals surface area contributed by atoms with Crippen molar-refractivity contribution in [3.05, 3.63) is 35.9 Å². The van der Waals surface area contributed by atoms with Gasteiger partial charge in [0.1, 0.15) is 6.04 Å². The first-order chi connectivity index (χ1) is 9.41. The minimum absolute atomic E-state index is 0.183. The fraction of sp³-hybridized carbons (Fsp3) is 0.467. The maximum Gasteiger partial charge on any atom is 0.326 e. The maximum atomic E-state index is 11.9. The van der Waals surface area contributed by atoms with Crippen molar-refractivity contribution in [1.29, 1.82) is 0 Å². The standard InChI is InChI=1S/C15H22N2O3/c1-10(2)13(15(19)20)17-14(18)12(16)9-8-11-6-4-3-5-7-11/h3-7,10,12-13H,8-9,16H2,1-2H3,(H,17,18)(H,19,20)/t12-,13?/m0/s1. The molecule has 1 aromatic rings. The van der Waals surface area contributed by atoms with Crippen LogP contribution in [0.25, 0.3) is 0 Å². The molecule has 0 bridgehead atoms. The fourth-order valence-corrected chi connectivity index (χ4v) is 1.87. The number of carbonyl (C=O) groups is 2. The van der Waals surface area contributed by atoms with Crippen LogP contribution in [0, 0.1) is 5.92 Å². The van der Waals surface area contributed by atoms with Crippen LogP contribution in [0.3, 0.4) is 0 Å². The zero-order valence-corrected chi connectivity index (χ0v) is 11.9. The van der Waals surface area contributed by atoms with E-state index in [2.05, 4.69) is 5.32 Å². The SMILES string of the molecule is CC(C)C(NC(=O)[C@@H](N)CCc1ccccc1)C(=O)O. The van der Waals surface area contributed by atoms with Crippen molar-refractivity contribution in [1.82, 2.24) is 5.32 Å². The van der Waals surface area contributed by atoms with Gasteiger partial charge in [0.05, 0.1) is 6.04 Å². The molecule has 0 aromatic heterocycles. The van der Waals surface area contributed by atoms with E-state index in [0.717, 1.165) is 5.56 Å². The Morgan fingerprint density at radius 2 is 1.85 bits per heavy atom. The third-order valence-electron chi connectivity index (χ3n) is 3.15. The molecule has 20 heavy (non-hydrogen) atoms. The maximum absolute atomic E-state index is 11.9. The largest absolute Gasteiger partial charge is 0.480 e.